The van der Waals surface area contributed by atoms with Gasteiger partial charge in [0.05, 0.1) is 33.6 Å². The zero-order valence-electron chi connectivity index (χ0n) is 27.2. The maximum atomic E-state index is 14.8. The van der Waals surface area contributed by atoms with Crippen molar-refractivity contribution in [2.75, 3.05) is 40.3 Å². The van der Waals surface area contributed by atoms with Gasteiger partial charge in [-0.15, -0.1) is 0 Å². The van der Waals surface area contributed by atoms with Crippen molar-refractivity contribution in [3.8, 4) is 0 Å². The van der Waals surface area contributed by atoms with Crippen LogP contribution in [0.4, 0.5) is 110 Å². The number of hydrogen-bond acceptors (Lipinski definition) is 5. The van der Waals surface area contributed by atoms with Crippen LogP contribution in [0, 0.1) is 0 Å². The Morgan fingerprint density at radius 3 is 1.09 bits per heavy atom. The summed E-state index contributed by atoms with van der Waals surface area (Å²) >= 11 is 0. The number of halogens is 25. The number of carbonyl (C=O) groups is 2. The summed E-state index contributed by atoms with van der Waals surface area (Å²) in [6.07, 6.45) is -12.0. The van der Waals surface area contributed by atoms with E-state index in [4.69, 9.17) is 5.11 Å². The number of aliphatic carboxylic acids is 2. The van der Waals surface area contributed by atoms with Gasteiger partial charge >= 0.3 is 76.6 Å². The molecule has 0 fully saturated rings. The van der Waals surface area contributed by atoms with Crippen LogP contribution in [0.25, 0.3) is 0 Å². The fourth-order valence-electron chi connectivity index (χ4n) is 4.02. The summed E-state index contributed by atoms with van der Waals surface area (Å²) in [5.74, 6) is -98.7. The third-order valence-electron chi connectivity index (χ3n) is 7.60. The normalized spacial score (nSPS) is 16.0. The smallest absolute Gasteiger partial charge is 0.460 e. The van der Waals surface area contributed by atoms with Gasteiger partial charge in [0, 0.05) is 31.9 Å². The van der Waals surface area contributed by atoms with Crippen LogP contribution in [0.2, 0.25) is 0 Å². The molecule has 1 N–H and O–H groups in total. The summed E-state index contributed by atoms with van der Waals surface area (Å²) in [6.45, 7) is -5.05. The van der Waals surface area contributed by atoms with Crippen molar-refractivity contribution in [2.24, 2.45) is 0 Å². The van der Waals surface area contributed by atoms with Gasteiger partial charge in [-0.2, -0.15) is 114 Å². The first kappa shape index (κ1) is 54.1. The molecule has 0 aromatic rings. The number of carboxylic acid groups (broad SMARTS) is 2. The molecule has 0 aromatic heterocycles. The van der Waals surface area contributed by atoms with Crippen LogP contribution in [0.1, 0.15) is 19.3 Å². The lowest BCUT2D eigenvalue weighted by Gasteiger charge is -2.45. The summed E-state index contributed by atoms with van der Waals surface area (Å²) < 4.78 is 367. The Morgan fingerprint density at radius 1 is 0.509 bits per heavy atom. The lowest BCUT2D eigenvalue weighted by atomic mass is 9.85. The lowest BCUT2D eigenvalue weighted by molar-refractivity contribution is -0.890. The molecule has 0 saturated carbocycles. The van der Waals surface area contributed by atoms with Gasteiger partial charge in [-0.05, 0) is 0 Å². The predicted octanol–water partition coefficient (Wildman–Crippen LogP) is 6.21. The van der Waals surface area contributed by atoms with E-state index in [9.17, 15) is 133 Å². The number of nitrogens with zero attached hydrogens (tertiary/aromatic N) is 2. The van der Waals surface area contributed by atoms with Gasteiger partial charge in [0.25, 0.3) is 10.0 Å². The van der Waals surface area contributed by atoms with E-state index in [-0.39, 0.29) is 0 Å². The molecular formula is C23H21F25N2O6S. The van der Waals surface area contributed by atoms with Crippen molar-refractivity contribution in [1.29, 1.82) is 0 Å². The van der Waals surface area contributed by atoms with E-state index in [1.54, 1.807) is 0 Å². The second kappa shape index (κ2) is 15.3. The highest BCUT2D eigenvalue weighted by Gasteiger charge is 3.00. The maximum absolute atomic E-state index is 14.8. The molecule has 0 aromatic carbocycles. The van der Waals surface area contributed by atoms with E-state index < -0.39 is 147 Å². The second-order valence-corrected chi connectivity index (χ2v) is 14.1. The second-order valence-electron chi connectivity index (χ2n) is 12.2. The van der Waals surface area contributed by atoms with Crippen molar-refractivity contribution in [3.63, 3.8) is 0 Å². The van der Waals surface area contributed by atoms with Crippen LogP contribution < -0.4 is 5.11 Å². The molecule has 0 spiro atoms. The monoisotopic (exact) mass is 928 g/mol. The van der Waals surface area contributed by atoms with Crippen molar-refractivity contribution in [1.82, 2.24) is 4.31 Å². The van der Waals surface area contributed by atoms with E-state index in [0.29, 0.717) is 0 Å². The van der Waals surface area contributed by atoms with Crippen molar-refractivity contribution < 1.29 is 142 Å². The number of quaternary nitrogens is 1. The summed E-state index contributed by atoms with van der Waals surface area (Å²) in [5, 5.41) is 11.1. The number of carbonyl (C=O) groups excluding carboxylic acids is 1. The third-order valence-corrected chi connectivity index (χ3v) is 9.55. The molecule has 57 heavy (non-hydrogen) atoms. The molecule has 0 rings (SSSR count). The fraction of sp³-hybridized carbons (Fsp3) is 0.913. The molecule has 0 aliphatic carbocycles. The van der Waals surface area contributed by atoms with E-state index >= 15 is 0 Å². The molecule has 0 aliphatic rings. The maximum Gasteiger partial charge on any atom is 0.460 e. The molecule has 8 nitrogen and oxygen atoms in total. The van der Waals surface area contributed by atoms with E-state index in [1.165, 1.54) is 0 Å². The molecule has 34 heteroatoms. The summed E-state index contributed by atoms with van der Waals surface area (Å²) in [5.41, 5.74) is 0. The minimum Gasteiger partial charge on any atom is -0.550 e. The summed E-state index contributed by atoms with van der Waals surface area (Å²) in [6, 6.07) is 0. The Kier molecular flexibility index (Phi) is 14.5. The van der Waals surface area contributed by atoms with Gasteiger partial charge < -0.3 is 19.5 Å². The summed E-state index contributed by atoms with van der Waals surface area (Å²) in [4.78, 5) is 21.4. The molecule has 0 radical (unpaired) electrons. The van der Waals surface area contributed by atoms with Crippen molar-refractivity contribution >= 4 is 22.0 Å². The standard InChI is InChI=1S/C23H21F25N2O6S/c1-50(2,9-5-11(53)54)8-3-6-49(7-4-10(51)52)57(55,56)23(47,48)21(42,43)19(38,39)17(34,35)15(30,31)13(26,27)12(24,25)14(28,29)16(32,33)18(36,37)20(40,41)22(44,45)46/h3-9H2,1-2H3,(H-,51,52,53,54). The topological polar surface area (TPSA) is 115 Å². The van der Waals surface area contributed by atoms with Crippen LogP contribution in [0.3, 0.4) is 0 Å². The SMILES string of the molecule is C[N+](C)(CCCN(CCC(=O)O)S(=O)(=O)C(F)(F)C(F)(F)C(F)(F)C(F)(F)C(F)(F)C(F)(F)C(F)(F)C(F)(F)C(F)(F)C(F)(F)C(F)(F)C(F)(F)F)CCC(=O)[O-]. The number of rotatable bonds is 22. The van der Waals surface area contributed by atoms with Crippen molar-refractivity contribution in [2.45, 2.75) is 89.9 Å². The first-order valence-electron chi connectivity index (χ1n) is 13.9. The highest BCUT2D eigenvalue weighted by molar-refractivity contribution is 7.90. The Labute approximate surface area is 299 Å². The highest BCUT2D eigenvalue weighted by atomic mass is 32.2. The minimum absolute atomic E-state index is 0.482. The first-order valence-corrected chi connectivity index (χ1v) is 15.3. The van der Waals surface area contributed by atoms with Gasteiger partial charge in [-0.1, -0.05) is 0 Å². The highest BCUT2D eigenvalue weighted by Crippen LogP contribution is 2.68. The van der Waals surface area contributed by atoms with Crippen LogP contribution in [0.15, 0.2) is 0 Å². The fourth-order valence-corrected chi connectivity index (χ4v) is 5.49. The Morgan fingerprint density at radius 2 is 0.807 bits per heavy atom. The van der Waals surface area contributed by atoms with E-state index in [2.05, 4.69) is 0 Å². The lowest BCUT2D eigenvalue weighted by Crippen LogP contribution is -2.78. The third kappa shape index (κ3) is 8.31. The van der Waals surface area contributed by atoms with Crippen LogP contribution in [0.5, 0.6) is 0 Å². The Bertz CT molecular complexity index is 1580. The Balaban J connectivity index is 7.41. The average Bonchev–Trinajstić information content (AvgIpc) is 2.99. The van der Waals surface area contributed by atoms with Gasteiger partial charge in [-0.3, -0.25) is 4.79 Å². The van der Waals surface area contributed by atoms with Gasteiger partial charge in [-0.25, -0.2) is 8.42 Å². The zero-order valence-corrected chi connectivity index (χ0v) is 28.0. The molecule has 0 unspecified atom stereocenters. The van der Waals surface area contributed by atoms with Gasteiger partial charge in [0.15, 0.2) is 0 Å². The van der Waals surface area contributed by atoms with E-state index in [1.807, 2.05) is 0 Å². The van der Waals surface area contributed by atoms with Gasteiger partial charge in [0.1, 0.15) is 0 Å². The van der Waals surface area contributed by atoms with Crippen molar-refractivity contribution in [3.05, 3.63) is 0 Å². The van der Waals surface area contributed by atoms with Crippen LogP contribution in [-0.2, 0) is 19.6 Å². The molecule has 0 saturated heterocycles. The minimum atomic E-state index is -9.84. The zero-order chi connectivity index (χ0) is 46.7. The number of sulfonamides is 1. The summed E-state index contributed by atoms with van der Waals surface area (Å²) in [7, 11) is -5.87. The number of alkyl halides is 25. The van der Waals surface area contributed by atoms with Gasteiger partial charge in [0.2, 0.25) is 0 Å². The molecule has 0 amide bonds. The molecule has 340 valence electrons. The average molecular weight is 928 g/mol. The number of carboxylic acids is 2. The predicted molar refractivity (Wildman–Crippen MR) is 129 cm³/mol. The van der Waals surface area contributed by atoms with Crippen LogP contribution >= 0.6 is 0 Å². The largest absolute Gasteiger partial charge is 0.550 e. The molecule has 0 aliphatic heterocycles. The molecular weight excluding hydrogens is 907 g/mol. The van der Waals surface area contributed by atoms with Crippen LogP contribution in [-0.4, -0.2) is 145 Å². The first-order chi connectivity index (χ1) is 24.4. The van der Waals surface area contributed by atoms with E-state index in [0.717, 1.165) is 14.1 Å². The molecule has 0 atom stereocenters. The molecule has 0 bridgehead atoms. The Hall–Kier alpha value is -2.94. The number of hydrogen-bond donors (Lipinski definition) is 1. The molecule has 0 heterocycles. The quantitative estimate of drug-likeness (QED) is 0.102.